The SMILES string of the molecule is CC(N)C(OC1OC(CO)C(O)C(O)C1O)c1ccccc1. The summed E-state index contributed by atoms with van der Waals surface area (Å²) in [5.74, 6) is 0. The van der Waals surface area contributed by atoms with Crippen molar-refractivity contribution in [2.45, 2.75) is 49.8 Å². The second kappa shape index (κ2) is 7.47. The Morgan fingerprint density at radius 2 is 1.77 bits per heavy atom. The van der Waals surface area contributed by atoms with E-state index in [9.17, 15) is 20.4 Å². The highest BCUT2D eigenvalue weighted by Crippen LogP contribution is 2.28. The minimum absolute atomic E-state index is 0.394. The summed E-state index contributed by atoms with van der Waals surface area (Å²) in [6.45, 7) is 1.25. The molecule has 1 saturated heterocycles. The van der Waals surface area contributed by atoms with Crippen molar-refractivity contribution in [2.24, 2.45) is 5.73 Å². The van der Waals surface area contributed by atoms with Gasteiger partial charge >= 0.3 is 0 Å². The van der Waals surface area contributed by atoms with Gasteiger partial charge in [0, 0.05) is 6.04 Å². The highest BCUT2D eigenvalue weighted by Gasteiger charge is 2.45. The van der Waals surface area contributed by atoms with Gasteiger partial charge < -0.3 is 35.6 Å². The molecule has 7 unspecified atom stereocenters. The van der Waals surface area contributed by atoms with Crippen molar-refractivity contribution in [3.8, 4) is 0 Å². The summed E-state index contributed by atoms with van der Waals surface area (Å²) in [6.07, 6.45) is -7.10. The number of aliphatic hydroxyl groups is 4. The second-order valence-electron chi connectivity index (χ2n) is 5.52. The fraction of sp³-hybridized carbons (Fsp3) is 0.600. The summed E-state index contributed by atoms with van der Waals surface area (Å²) >= 11 is 0. The molecule has 1 aliphatic heterocycles. The fourth-order valence-corrected chi connectivity index (χ4v) is 2.47. The highest BCUT2D eigenvalue weighted by atomic mass is 16.7. The van der Waals surface area contributed by atoms with Crippen molar-refractivity contribution in [2.75, 3.05) is 6.61 Å². The van der Waals surface area contributed by atoms with Crippen LogP contribution in [-0.4, -0.2) is 63.8 Å². The lowest BCUT2D eigenvalue weighted by atomic mass is 9.98. The van der Waals surface area contributed by atoms with Crippen LogP contribution in [0.3, 0.4) is 0 Å². The van der Waals surface area contributed by atoms with E-state index in [0.717, 1.165) is 5.56 Å². The Hall–Kier alpha value is -1.06. The van der Waals surface area contributed by atoms with Crippen LogP contribution in [-0.2, 0) is 9.47 Å². The number of benzene rings is 1. The molecular weight excluding hydrogens is 290 g/mol. The zero-order valence-electron chi connectivity index (χ0n) is 12.3. The molecule has 124 valence electrons. The Morgan fingerprint density at radius 3 is 2.32 bits per heavy atom. The van der Waals surface area contributed by atoms with Crippen LogP contribution in [0.5, 0.6) is 0 Å². The number of hydrogen-bond acceptors (Lipinski definition) is 7. The lowest BCUT2D eigenvalue weighted by Gasteiger charge is -2.41. The van der Waals surface area contributed by atoms with Crippen molar-refractivity contribution in [3.05, 3.63) is 35.9 Å². The summed E-state index contributed by atoms with van der Waals surface area (Å²) in [5, 5.41) is 38.8. The molecule has 0 aromatic heterocycles. The Kier molecular flexibility index (Phi) is 5.87. The summed E-state index contributed by atoms with van der Waals surface area (Å²) < 4.78 is 11.1. The summed E-state index contributed by atoms with van der Waals surface area (Å²) in [4.78, 5) is 0. The molecule has 0 radical (unpaired) electrons. The first-order valence-electron chi connectivity index (χ1n) is 7.22. The van der Waals surface area contributed by atoms with Crippen LogP contribution in [0.1, 0.15) is 18.6 Å². The summed E-state index contributed by atoms with van der Waals surface area (Å²) in [5.41, 5.74) is 6.74. The molecule has 1 heterocycles. The molecule has 6 N–H and O–H groups in total. The van der Waals surface area contributed by atoms with Crippen LogP contribution in [0.2, 0.25) is 0 Å². The normalized spacial score (nSPS) is 35.1. The molecule has 7 heteroatoms. The van der Waals surface area contributed by atoms with Crippen molar-refractivity contribution in [1.82, 2.24) is 0 Å². The van der Waals surface area contributed by atoms with E-state index in [1.807, 2.05) is 30.3 Å². The van der Waals surface area contributed by atoms with Gasteiger partial charge in [-0.1, -0.05) is 30.3 Å². The van der Waals surface area contributed by atoms with E-state index in [1.54, 1.807) is 6.92 Å². The Balaban J connectivity index is 2.15. The minimum Gasteiger partial charge on any atom is -0.394 e. The largest absolute Gasteiger partial charge is 0.394 e. The van der Waals surface area contributed by atoms with Crippen LogP contribution in [0.15, 0.2) is 30.3 Å². The maximum Gasteiger partial charge on any atom is 0.187 e. The molecule has 2 rings (SSSR count). The van der Waals surface area contributed by atoms with Crippen molar-refractivity contribution >= 4 is 0 Å². The molecule has 1 aromatic carbocycles. The molecule has 0 bridgehead atoms. The van der Waals surface area contributed by atoms with Crippen LogP contribution in [0, 0.1) is 0 Å². The smallest absolute Gasteiger partial charge is 0.187 e. The van der Waals surface area contributed by atoms with E-state index in [0.29, 0.717) is 0 Å². The van der Waals surface area contributed by atoms with E-state index in [-0.39, 0.29) is 0 Å². The third-order valence-corrected chi connectivity index (χ3v) is 3.73. The van der Waals surface area contributed by atoms with Gasteiger partial charge in [-0.15, -0.1) is 0 Å². The van der Waals surface area contributed by atoms with E-state index in [4.69, 9.17) is 15.2 Å². The third kappa shape index (κ3) is 3.64. The average Bonchev–Trinajstić information content (AvgIpc) is 2.52. The van der Waals surface area contributed by atoms with E-state index in [1.165, 1.54) is 0 Å². The van der Waals surface area contributed by atoms with E-state index < -0.39 is 49.5 Å². The quantitative estimate of drug-likeness (QED) is 0.467. The Labute approximate surface area is 128 Å². The van der Waals surface area contributed by atoms with Crippen molar-refractivity contribution in [1.29, 1.82) is 0 Å². The topological polar surface area (TPSA) is 125 Å². The molecule has 1 aromatic rings. The second-order valence-corrected chi connectivity index (χ2v) is 5.52. The third-order valence-electron chi connectivity index (χ3n) is 3.73. The zero-order valence-corrected chi connectivity index (χ0v) is 12.3. The standard InChI is InChI=1S/C15H23NO6/c1-8(16)14(9-5-3-2-4-6-9)22-15-13(20)12(19)11(18)10(7-17)21-15/h2-6,8,10-15,17-20H,7,16H2,1H3. The molecule has 0 spiro atoms. The van der Waals surface area contributed by atoms with Gasteiger partial charge in [-0.25, -0.2) is 0 Å². The maximum absolute atomic E-state index is 10.0. The molecule has 0 saturated carbocycles. The van der Waals surface area contributed by atoms with Gasteiger partial charge in [-0.05, 0) is 12.5 Å². The highest BCUT2D eigenvalue weighted by molar-refractivity contribution is 5.19. The molecule has 0 amide bonds. The van der Waals surface area contributed by atoms with Crippen LogP contribution in [0.25, 0.3) is 0 Å². The zero-order chi connectivity index (χ0) is 16.3. The van der Waals surface area contributed by atoms with Crippen LogP contribution < -0.4 is 5.73 Å². The van der Waals surface area contributed by atoms with Crippen molar-refractivity contribution in [3.63, 3.8) is 0 Å². The molecular formula is C15H23NO6. The number of ether oxygens (including phenoxy) is 2. The number of hydrogen-bond donors (Lipinski definition) is 5. The van der Waals surface area contributed by atoms with Gasteiger partial charge in [0.1, 0.15) is 30.5 Å². The first-order chi connectivity index (χ1) is 10.5. The Morgan fingerprint density at radius 1 is 1.14 bits per heavy atom. The summed E-state index contributed by atoms with van der Waals surface area (Å²) in [6, 6.07) is 8.80. The first kappa shape index (κ1) is 17.3. The monoisotopic (exact) mass is 313 g/mol. The fourth-order valence-electron chi connectivity index (χ4n) is 2.47. The van der Waals surface area contributed by atoms with E-state index >= 15 is 0 Å². The molecule has 1 fully saturated rings. The molecule has 0 aliphatic carbocycles. The Bertz CT molecular complexity index is 455. The van der Waals surface area contributed by atoms with Gasteiger partial charge in [0.15, 0.2) is 6.29 Å². The van der Waals surface area contributed by atoms with Gasteiger partial charge in [0.2, 0.25) is 0 Å². The van der Waals surface area contributed by atoms with Gasteiger partial charge in [-0.3, -0.25) is 0 Å². The van der Waals surface area contributed by atoms with E-state index in [2.05, 4.69) is 0 Å². The van der Waals surface area contributed by atoms with Crippen LogP contribution in [0.4, 0.5) is 0 Å². The predicted molar refractivity (Wildman–Crippen MR) is 77.7 cm³/mol. The van der Waals surface area contributed by atoms with Gasteiger partial charge in [-0.2, -0.15) is 0 Å². The van der Waals surface area contributed by atoms with Gasteiger partial charge in [0.25, 0.3) is 0 Å². The molecule has 1 aliphatic rings. The first-order valence-corrected chi connectivity index (χ1v) is 7.22. The van der Waals surface area contributed by atoms with Gasteiger partial charge in [0.05, 0.1) is 6.61 Å². The predicted octanol–water partition coefficient (Wildman–Crippen LogP) is -1.11. The lowest BCUT2D eigenvalue weighted by Crippen LogP contribution is -2.59. The average molecular weight is 313 g/mol. The van der Waals surface area contributed by atoms with Crippen LogP contribution >= 0.6 is 0 Å². The molecule has 7 atom stereocenters. The van der Waals surface area contributed by atoms with Crippen molar-refractivity contribution < 1.29 is 29.9 Å². The number of rotatable bonds is 5. The number of aliphatic hydroxyl groups excluding tert-OH is 4. The molecule has 7 nitrogen and oxygen atoms in total. The minimum atomic E-state index is -1.47. The number of nitrogens with two attached hydrogens (primary N) is 1. The summed E-state index contributed by atoms with van der Waals surface area (Å²) in [7, 11) is 0. The maximum atomic E-state index is 10.0. The molecule has 22 heavy (non-hydrogen) atoms. The lowest BCUT2D eigenvalue weighted by molar-refractivity contribution is -0.313.